The largest absolute Gasteiger partial charge is 0.384 e. The maximum absolute atomic E-state index is 13.3. The van der Waals surface area contributed by atoms with E-state index >= 15 is 0 Å². The van der Waals surface area contributed by atoms with Crippen molar-refractivity contribution in [2.24, 2.45) is 13.0 Å². The Labute approximate surface area is 195 Å². The molecule has 0 spiro atoms. The highest BCUT2D eigenvalue weighted by atomic mass is 32.2. The van der Waals surface area contributed by atoms with Gasteiger partial charge in [0.05, 0.1) is 28.7 Å². The average molecular weight is 472 g/mol. The van der Waals surface area contributed by atoms with E-state index in [1.165, 1.54) is 6.26 Å². The first-order chi connectivity index (χ1) is 15.5. The van der Waals surface area contributed by atoms with Gasteiger partial charge in [0, 0.05) is 51.0 Å². The van der Waals surface area contributed by atoms with E-state index in [0.717, 1.165) is 55.8 Å². The van der Waals surface area contributed by atoms with Gasteiger partial charge >= 0.3 is 0 Å². The number of allylic oxidation sites excluding steroid dienone is 1. The summed E-state index contributed by atoms with van der Waals surface area (Å²) in [4.78, 5) is 15.7. The van der Waals surface area contributed by atoms with Gasteiger partial charge < -0.3 is 19.5 Å². The number of hydrogen-bond donors (Lipinski definition) is 1. The van der Waals surface area contributed by atoms with Crippen LogP contribution in [-0.2, 0) is 21.6 Å². The minimum absolute atomic E-state index is 0.0934. The molecule has 4 heterocycles. The molecule has 5 rings (SSSR count). The number of pyridine rings is 1. The second-order valence-corrected chi connectivity index (χ2v) is 12.7. The minimum atomic E-state index is -3.28. The number of aryl methyl sites for hydroxylation is 1. The van der Waals surface area contributed by atoms with E-state index in [2.05, 4.69) is 30.3 Å². The summed E-state index contributed by atoms with van der Waals surface area (Å²) in [6, 6.07) is 2.06. The van der Waals surface area contributed by atoms with Crippen molar-refractivity contribution >= 4 is 21.1 Å². The molecule has 178 valence electrons. The Morgan fingerprint density at radius 3 is 2.79 bits per heavy atom. The molecule has 0 amide bonds. The third-order valence-corrected chi connectivity index (χ3v) is 8.05. The molecule has 0 bridgehead atoms. The monoisotopic (exact) mass is 471 g/mol. The number of aromatic nitrogens is 1. The maximum Gasteiger partial charge on any atom is 0.260 e. The van der Waals surface area contributed by atoms with Gasteiger partial charge in [-0.3, -0.25) is 4.79 Å². The van der Waals surface area contributed by atoms with Crippen molar-refractivity contribution in [1.82, 2.24) is 14.8 Å². The molecule has 0 saturated carbocycles. The topological polar surface area (TPSA) is 80.6 Å². The van der Waals surface area contributed by atoms with Crippen LogP contribution in [-0.4, -0.2) is 61.2 Å². The van der Waals surface area contributed by atoms with E-state index in [1.807, 2.05) is 12.1 Å². The van der Waals surface area contributed by atoms with Crippen LogP contribution in [0.4, 0.5) is 0 Å². The number of fused-ring (bicyclic) bond motifs is 2. The smallest absolute Gasteiger partial charge is 0.260 e. The first kappa shape index (κ1) is 22.5. The van der Waals surface area contributed by atoms with Crippen molar-refractivity contribution in [1.29, 1.82) is 0 Å². The van der Waals surface area contributed by atoms with Crippen LogP contribution in [0, 0.1) is 5.92 Å². The first-order valence-electron chi connectivity index (χ1n) is 11.7. The van der Waals surface area contributed by atoms with Crippen molar-refractivity contribution in [2.45, 2.75) is 44.8 Å². The summed E-state index contributed by atoms with van der Waals surface area (Å²) in [5.74, 6) is 0.440. The van der Waals surface area contributed by atoms with E-state index in [-0.39, 0.29) is 23.0 Å². The third kappa shape index (κ3) is 4.19. The SMILES string of the molecule is Cn1ccc2c(c1=O)C1=C3C(=CN(CC4CCOC(C)(C)C4)C3CCN1)C=C2CS(C)(=O)=O. The Balaban J connectivity index is 1.61. The molecule has 1 N–H and O–H groups in total. The molecule has 33 heavy (non-hydrogen) atoms. The summed E-state index contributed by atoms with van der Waals surface area (Å²) < 4.78 is 32.1. The zero-order chi connectivity index (χ0) is 23.5. The molecule has 2 unspecified atom stereocenters. The molecule has 1 aliphatic carbocycles. The number of rotatable bonds is 4. The van der Waals surface area contributed by atoms with Gasteiger partial charge in [0.25, 0.3) is 5.56 Å². The molecule has 3 aliphatic heterocycles. The Morgan fingerprint density at radius 1 is 1.27 bits per heavy atom. The fourth-order valence-electron chi connectivity index (χ4n) is 5.88. The van der Waals surface area contributed by atoms with Gasteiger partial charge in [0.15, 0.2) is 9.84 Å². The summed E-state index contributed by atoms with van der Waals surface area (Å²) in [5.41, 5.74) is 4.79. The minimum Gasteiger partial charge on any atom is -0.384 e. The zero-order valence-electron chi connectivity index (χ0n) is 19.8. The van der Waals surface area contributed by atoms with Crippen molar-refractivity contribution < 1.29 is 13.2 Å². The molecular formula is C25H33N3O4S. The molecule has 7 nitrogen and oxygen atoms in total. The van der Waals surface area contributed by atoms with Gasteiger partial charge in [-0.05, 0) is 67.9 Å². The normalized spacial score (nSPS) is 26.1. The maximum atomic E-state index is 13.3. The number of hydrogen-bond acceptors (Lipinski definition) is 6. The van der Waals surface area contributed by atoms with E-state index in [1.54, 1.807) is 17.8 Å². The second-order valence-electron chi connectivity index (χ2n) is 10.5. The Kier molecular flexibility index (Phi) is 5.36. The zero-order valence-corrected chi connectivity index (χ0v) is 20.7. The van der Waals surface area contributed by atoms with Crippen LogP contribution < -0.4 is 10.9 Å². The van der Waals surface area contributed by atoms with Crippen molar-refractivity contribution in [3.05, 3.63) is 57.2 Å². The van der Waals surface area contributed by atoms with Gasteiger partial charge in [-0.1, -0.05) is 0 Å². The van der Waals surface area contributed by atoms with E-state index in [0.29, 0.717) is 22.6 Å². The second kappa shape index (κ2) is 7.87. The highest BCUT2D eigenvalue weighted by Crippen LogP contribution is 2.43. The Morgan fingerprint density at radius 2 is 2.06 bits per heavy atom. The van der Waals surface area contributed by atoms with E-state index in [4.69, 9.17) is 4.74 Å². The van der Waals surface area contributed by atoms with E-state index in [9.17, 15) is 13.2 Å². The average Bonchev–Trinajstić information content (AvgIpc) is 2.98. The van der Waals surface area contributed by atoms with Gasteiger partial charge in [-0.15, -0.1) is 0 Å². The molecule has 0 aromatic carbocycles. The van der Waals surface area contributed by atoms with Crippen LogP contribution in [0.25, 0.3) is 11.3 Å². The van der Waals surface area contributed by atoms with Crippen LogP contribution in [0.3, 0.4) is 0 Å². The van der Waals surface area contributed by atoms with Crippen LogP contribution in [0.5, 0.6) is 0 Å². The molecular weight excluding hydrogens is 438 g/mol. The van der Waals surface area contributed by atoms with Gasteiger partial charge in [0.2, 0.25) is 0 Å². The fourth-order valence-corrected chi connectivity index (χ4v) is 6.69. The fraction of sp³-hybridized carbons (Fsp3) is 0.560. The molecule has 8 heteroatoms. The van der Waals surface area contributed by atoms with Crippen LogP contribution in [0.15, 0.2) is 40.5 Å². The predicted molar refractivity (Wildman–Crippen MR) is 130 cm³/mol. The molecule has 1 aromatic heterocycles. The van der Waals surface area contributed by atoms with Crippen molar-refractivity contribution in [3.63, 3.8) is 0 Å². The van der Waals surface area contributed by atoms with Crippen LogP contribution in [0.1, 0.15) is 44.2 Å². The van der Waals surface area contributed by atoms with Crippen LogP contribution in [0.2, 0.25) is 0 Å². The highest BCUT2D eigenvalue weighted by molar-refractivity contribution is 7.91. The van der Waals surface area contributed by atoms with Gasteiger partial charge in [-0.25, -0.2) is 8.42 Å². The molecule has 4 aliphatic rings. The molecule has 0 radical (unpaired) electrons. The molecule has 1 aromatic rings. The Bertz CT molecular complexity index is 1250. The summed E-state index contributed by atoms with van der Waals surface area (Å²) in [6.45, 7) is 6.81. The van der Waals surface area contributed by atoms with Crippen molar-refractivity contribution in [3.8, 4) is 0 Å². The summed E-state index contributed by atoms with van der Waals surface area (Å²) in [6.07, 6.45) is 10.2. The lowest BCUT2D eigenvalue weighted by atomic mass is 9.87. The number of nitrogens with zero attached hydrogens (tertiary/aromatic N) is 2. The predicted octanol–water partition coefficient (Wildman–Crippen LogP) is 2.30. The summed E-state index contributed by atoms with van der Waals surface area (Å²) in [5, 5.41) is 3.50. The first-order valence-corrected chi connectivity index (χ1v) is 13.8. The van der Waals surface area contributed by atoms with Crippen molar-refractivity contribution in [2.75, 3.05) is 31.7 Å². The lowest BCUT2D eigenvalue weighted by molar-refractivity contribution is -0.0758. The lowest BCUT2D eigenvalue weighted by Crippen LogP contribution is -2.43. The Hall–Kier alpha value is -2.32. The standard InChI is InChI=1S/C25H33N3O4S/c1-25(2)12-16(7-10-32-25)13-28-14-17-11-18(15-33(4,30)31)19-6-9-27(3)24(29)22(19)23-21(17)20(28)5-8-26-23/h6,9,11,14,16,20,26H,5,7-8,10,12-13,15H2,1-4H3. The summed E-state index contributed by atoms with van der Waals surface area (Å²) in [7, 11) is -1.54. The third-order valence-electron chi connectivity index (χ3n) is 7.22. The molecule has 2 atom stereocenters. The molecule has 1 saturated heterocycles. The van der Waals surface area contributed by atoms with E-state index < -0.39 is 9.84 Å². The van der Waals surface area contributed by atoms with Crippen LogP contribution >= 0.6 is 0 Å². The number of ether oxygens (including phenoxy) is 1. The molecule has 1 fully saturated rings. The number of sulfone groups is 1. The van der Waals surface area contributed by atoms with Gasteiger partial charge in [-0.2, -0.15) is 0 Å². The lowest BCUT2D eigenvalue weighted by Gasteiger charge is -2.39. The summed E-state index contributed by atoms with van der Waals surface area (Å²) >= 11 is 0. The quantitative estimate of drug-likeness (QED) is 0.726. The van der Waals surface area contributed by atoms with Gasteiger partial charge in [0.1, 0.15) is 0 Å². The highest BCUT2D eigenvalue weighted by Gasteiger charge is 2.40. The number of nitrogens with one attached hydrogen (secondary N) is 1.